The SMILES string of the molecule is CN=C(NCC1CCN(c2cccc(OC)c2)C1)NCC1(C)CCCO1. The number of guanidine groups is 1. The van der Waals surface area contributed by atoms with Gasteiger partial charge in [0.2, 0.25) is 0 Å². The first-order chi connectivity index (χ1) is 12.6. The molecule has 2 atom stereocenters. The van der Waals surface area contributed by atoms with Crippen LogP contribution in [-0.2, 0) is 4.74 Å². The minimum atomic E-state index is -0.0614. The maximum atomic E-state index is 5.83. The molecule has 3 rings (SSSR count). The Morgan fingerprint density at radius 3 is 3.04 bits per heavy atom. The number of aliphatic imine (C=N–C) groups is 1. The van der Waals surface area contributed by atoms with Crippen LogP contribution in [0.2, 0.25) is 0 Å². The van der Waals surface area contributed by atoms with Gasteiger partial charge in [-0.2, -0.15) is 0 Å². The van der Waals surface area contributed by atoms with Gasteiger partial charge in [-0.1, -0.05) is 6.07 Å². The minimum Gasteiger partial charge on any atom is -0.497 e. The zero-order valence-corrected chi connectivity index (χ0v) is 16.3. The average molecular weight is 361 g/mol. The largest absolute Gasteiger partial charge is 0.497 e. The monoisotopic (exact) mass is 360 g/mol. The normalized spacial score (nSPS) is 26.2. The van der Waals surface area contributed by atoms with Crippen molar-refractivity contribution in [1.29, 1.82) is 0 Å². The first-order valence-corrected chi connectivity index (χ1v) is 9.59. The zero-order valence-electron chi connectivity index (χ0n) is 16.3. The van der Waals surface area contributed by atoms with Gasteiger partial charge < -0.3 is 25.0 Å². The molecule has 2 aliphatic rings. The second kappa shape index (κ2) is 8.62. The van der Waals surface area contributed by atoms with Crippen molar-refractivity contribution in [2.75, 3.05) is 51.8 Å². The molecule has 2 heterocycles. The summed E-state index contributed by atoms with van der Waals surface area (Å²) in [7, 11) is 3.54. The van der Waals surface area contributed by atoms with Gasteiger partial charge in [-0.3, -0.25) is 4.99 Å². The highest BCUT2D eigenvalue weighted by molar-refractivity contribution is 5.79. The first kappa shape index (κ1) is 18.8. The van der Waals surface area contributed by atoms with E-state index in [1.807, 2.05) is 13.1 Å². The Morgan fingerprint density at radius 1 is 1.42 bits per heavy atom. The fourth-order valence-corrected chi connectivity index (χ4v) is 3.75. The molecule has 0 bridgehead atoms. The summed E-state index contributed by atoms with van der Waals surface area (Å²) in [6, 6.07) is 8.31. The Hall–Kier alpha value is -1.95. The molecule has 2 unspecified atom stereocenters. The molecule has 0 radical (unpaired) electrons. The smallest absolute Gasteiger partial charge is 0.191 e. The van der Waals surface area contributed by atoms with Crippen molar-refractivity contribution in [1.82, 2.24) is 10.6 Å². The maximum absolute atomic E-state index is 5.83. The van der Waals surface area contributed by atoms with E-state index in [0.717, 1.165) is 57.3 Å². The van der Waals surface area contributed by atoms with Crippen LogP contribution in [0.4, 0.5) is 5.69 Å². The molecule has 1 aromatic rings. The van der Waals surface area contributed by atoms with Crippen LogP contribution < -0.4 is 20.3 Å². The molecule has 2 N–H and O–H groups in total. The Morgan fingerprint density at radius 2 is 2.31 bits per heavy atom. The molecule has 0 spiro atoms. The molecule has 6 heteroatoms. The summed E-state index contributed by atoms with van der Waals surface area (Å²) in [4.78, 5) is 6.78. The summed E-state index contributed by atoms with van der Waals surface area (Å²) in [6.45, 7) is 6.90. The minimum absolute atomic E-state index is 0.0614. The lowest BCUT2D eigenvalue weighted by Crippen LogP contribution is -2.46. The molecular formula is C20H32N4O2. The fourth-order valence-electron chi connectivity index (χ4n) is 3.75. The third-order valence-corrected chi connectivity index (χ3v) is 5.42. The summed E-state index contributed by atoms with van der Waals surface area (Å²) < 4.78 is 11.2. The summed E-state index contributed by atoms with van der Waals surface area (Å²) in [5.41, 5.74) is 1.18. The Bertz CT molecular complexity index is 614. The van der Waals surface area contributed by atoms with Crippen LogP contribution in [0.5, 0.6) is 5.75 Å². The van der Waals surface area contributed by atoms with Gasteiger partial charge in [0.05, 0.1) is 12.7 Å². The second-order valence-electron chi connectivity index (χ2n) is 7.51. The standard InChI is InChI=1S/C20H32N4O2/c1-20(9-5-11-26-20)15-23-19(21-2)22-13-16-8-10-24(14-16)17-6-4-7-18(12-17)25-3/h4,6-7,12,16H,5,8-11,13-15H2,1-3H3,(H2,21,22,23). The van der Waals surface area contributed by atoms with Gasteiger partial charge in [-0.05, 0) is 44.2 Å². The number of rotatable bonds is 6. The van der Waals surface area contributed by atoms with Crippen LogP contribution in [0, 0.1) is 5.92 Å². The first-order valence-electron chi connectivity index (χ1n) is 9.59. The maximum Gasteiger partial charge on any atom is 0.191 e. The van der Waals surface area contributed by atoms with E-state index in [-0.39, 0.29) is 5.60 Å². The van der Waals surface area contributed by atoms with Crippen molar-refractivity contribution in [3.63, 3.8) is 0 Å². The van der Waals surface area contributed by atoms with Crippen molar-refractivity contribution in [3.05, 3.63) is 24.3 Å². The highest BCUT2D eigenvalue weighted by Crippen LogP contribution is 2.26. The van der Waals surface area contributed by atoms with E-state index in [0.29, 0.717) is 5.92 Å². The molecule has 0 aromatic heterocycles. The quantitative estimate of drug-likeness (QED) is 0.602. The van der Waals surface area contributed by atoms with Crippen molar-refractivity contribution in [3.8, 4) is 5.75 Å². The van der Waals surface area contributed by atoms with E-state index in [1.165, 1.54) is 12.1 Å². The van der Waals surface area contributed by atoms with E-state index in [4.69, 9.17) is 9.47 Å². The molecule has 2 fully saturated rings. The topological polar surface area (TPSA) is 58.1 Å². The van der Waals surface area contributed by atoms with Crippen molar-refractivity contribution in [2.24, 2.45) is 10.9 Å². The number of nitrogens with one attached hydrogen (secondary N) is 2. The molecule has 2 aliphatic heterocycles. The molecule has 0 amide bonds. The lowest BCUT2D eigenvalue weighted by molar-refractivity contribution is 0.0243. The van der Waals surface area contributed by atoms with Crippen LogP contribution in [0.25, 0.3) is 0 Å². The highest BCUT2D eigenvalue weighted by Gasteiger charge is 2.30. The number of ether oxygens (including phenoxy) is 2. The number of benzene rings is 1. The summed E-state index contributed by atoms with van der Waals surface area (Å²) in [6.07, 6.45) is 3.43. The predicted molar refractivity (Wildman–Crippen MR) is 106 cm³/mol. The summed E-state index contributed by atoms with van der Waals surface area (Å²) in [5, 5.41) is 6.90. The Labute approximate surface area is 157 Å². The predicted octanol–water partition coefficient (Wildman–Crippen LogP) is 2.26. The molecule has 144 valence electrons. The summed E-state index contributed by atoms with van der Waals surface area (Å²) in [5.74, 6) is 2.39. The molecule has 6 nitrogen and oxygen atoms in total. The molecular weight excluding hydrogens is 328 g/mol. The van der Waals surface area contributed by atoms with Crippen molar-refractivity contribution >= 4 is 11.6 Å². The molecule has 0 saturated carbocycles. The van der Waals surface area contributed by atoms with Crippen molar-refractivity contribution < 1.29 is 9.47 Å². The van der Waals surface area contributed by atoms with Crippen LogP contribution in [0.3, 0.4) is 0 Å². The van der Waals surface area contributed by atoms with Crippen LogP contribution in [-0.4, -0.2) is 58.5 Å². The molecule has 0 aliphatic carbocycles. The van der Waals surface area contributed by atoms with Crippen molar-refractivity contribution in [2.45, 2.75) is 31.8 Å². The van der Waals surface area contributed by atoms with Crippen LogP contribution in [0.15, 0.2) is 29.3 Å². The van der Waals surface area contributed by atoms with Gasteiger partial charge in [0.25, 0.3) is 0 Å². The third-order valence-electron chi connectivity index (χ3n) is 5.42. The molecule has 2 saturated heterocycles. The fraction of sp³-hybridized carbons (Fsp3) is 0.650. The van der Waals surface area contributed by atoms with Gasteiger partial charge in [0, 0.05) is 51.6 Å². The van der Waals surface area contributed by atoms with E-state index in [2.05, 4.69) is 45.6 Å². The van der Waals surface area contributed by atoms with Gasteiger partial charge in [-0.15, -0.1) is 0 Å². The highest BCUT2D eigenvalue weighted by atomic mass is 16.5. The van der Waals surface area contributed by atoms with E-state index >= 15 is 0 Å². The lowest BCUT2D eigenvalue weighted by Gasteiger charge is -2.25. The number of anilines is 1. The Balaban J connectivity index is 1.44. The van der Waals surface area contributed by atoms with Crippen LogP contribution in [0.1, 0.15) is 26.2 Å². The molecule has 1 aromatic carbocycles. The van der Waals surface area contributed by atoms with E-state index in [9.17, 15) is 0 Å². The lowest BCUT2D eigenvalue weighted by atomic mass is 10.0. The third kappa shape index (κ3) is 4.81. The Kier molecular flexibility index (Phi) is 6.25. The van der Waals surface area contributed by atoms with E-state index in [1.54, 1.807) is 7.11 Å². The average Bonchev–Trinajstić information content (AvgIpc) is 3.31. The van der Waals surface area contributed by atoms with Gasteiger partial charge >= 0.3 is 0 Å². The van der Waals surface area contributed by atoms with E-state index < -0.39 is 0 Å². The van der Waals surface area contributed by atoms with Gasteiger partial charge in [0.15, 0.2) is 5.96 Å². The number of hydrogen-bond donors (Lipinski definition) is 2. The molecule has 26 heavy (non-hydrogen) atoms. The van der Waals surface area contributed by atoms with Crippen LogP contribution >= 0.6 is 0 Å². The second-order valence-corrected chi connectivity index (χ2v) is 7.51. The van der Waals surface area contributed by atoms with Gasteiger partial charge in [-0.25, -0.2) is 0 Å². The summed E-state index contributed by atoms with van der Waals surface area (Å²) >= 11 is 0. The number of hydrogen-bond acceptors (Lipinski definition) is 4. The number of nitrogens with zero attached hydrogens (tertiary/aromatic N) is 2. The number of methoxy groups -OCH3 is 1. The zero-order chi connectivity index (χ0) is 18.4. The van der Waals surface area contributed by atoms with Gasteiger partial charge in [0.1, 0.15) is 5.75 Å².